The third-order valence-corrected chi connectivity index (χ3v) is 3.81. The number of benzene rings is 1. The van der Waals surface area contributed by atoms with Crippen LogP contribution in [0.3, 0.4) is 0 Å². The largest absolute Gasteiger partial charge is 0.507 e. The van der Waals surface area contributed by atoms with E-state index in [0.29, 0.717) is 23.6 Å². The first-order valence-corrected chi connectivity index (χ1v) is 7.73. The van der Waals surface area contributed by atoms with Gasteiger partial charge in [-0.05, 0) is 6.07 Å². The number of nitrogens with one attached hydrogen (secondary N) is 1. The van der Waals surface area contributed by atoms with Gasteiger partial charge in [0.1, 0.15) is 5.75 Å². The Labute approximate surface area is 177 Å². The Morgan fingerprint density at radius 2 is 1.35 bits per heavy atom. The second-order valence-electron chi connectivity index (χ2n) is 6.07. The van der Waals surface area contributed by atoms with Crippen LogP contribution < -0.4 is 5.43 Å². The molecule has 0 heterocycles. The standard InChI is InChI=1S/C14H6F13N3O4/c15-9(16,8(32)29-28-4-5-3-6(30(33)34)1-2-7(5)31)10(17,18)11(19,20)12(21,22)13(23,24)14(25,26)27/h1-4,31H,(H,29,32)/b28-4+. The molecule has 0 spiro atoms. The molecule has 1 rings (SSSR count). The number of hydrazone groups is 1. The van der Waals surface area contributed by atoms with E-state index in [4.69, 9.17) is 0 Å². The zero-order chi connectivity index (χ0) is 27.1. The second kappa shape index (κ2) is 8.46. The molecule has 0 saturated carbocycles. The number of rotatable bonds is 8. The first kappa shape index (κ1) is 28.7. The van der Waals surface area contributed by atoms with Crippen molar-refractivity contribution in [3.63, 3.8) is 0 Å². The predicted molar refractivity (Wildman–Crippen MR) is 81.3 cm³/mol. The first-order chi connectivity index (χ1) is 15.0. The number of carbonyl (C=O) groups excluding carboxylic acids is 1. The van der Waals surface area contributed by atoms with Gasteiger partial charge in [-0.2, -0.15) is 62.2 Å². The summed E-state index contributed by atoms with van der Waals surface area (Å²) in [7, 11) is 0. The number of nitro groups is 1. The maximum absolute atomic E-state index is 13.6. The van der Waals surface area contributed by atoms with Crippen LogP contribution >= 0.6 is 0 Å². The van der Waals surface area contributed by atoms with Crippen molar-refractivity contribution in [2.75, 3.05) is 0 Å². The Hall–Kier alpha value is -3.35. The van der Waals surface area contributed by atoms with E-state index >= 15 is 0 Å². The van der Waals surface area contributed by atoms with E-state index in [0.717, 1.165) is 0 Å². The number of halogens is 13. The first-order valence-electron chi connectivity index (χ1n) is 7.73. The van der Waals surface area contributed by atoms with Crippen LogP contribution in [0, 0.1) is 10.1 Å². The maximum atomic E-state index is 13.6. The lowest BCUT2D eigenvalue weighted by molar-refractivity contribution is -0.436. The third-order valence-electron chi connectivity index (χ3n) is 3.81. The van der Waals surface area contributed by atoms with Crippen molar-refractivity contribution in [3.05, 3.63) is 33.9 Å². The molecule has 0 atom stereocenters. The van der Waals surface area contributed by atoms with E-state index in [1.54, 1.807) is 0 Å². The van der Waals surface area contributed by atoms with E-state index in [1.807, 2.05) is 0 Å². The summed E-state index contributed by atoms with van der Waals surface area (Å²) in [5.41, 5.74) is -1.18. The van der Waals surface area contributed by atoms with Crippen LogP contribution in [-0.2, 0) is 4.79 Å². The molecule has 192 valence electrons. The molecular weight excluding hydrogens is 521 g/mol. The lowest BCUT2D eigenvalue weighted by atomic mass is 9.93. The molecule has 2 N–H and O–H groups in total. The summed E-state index contributed by atoms with van der Waals surface area (Å²) >= 11 is 0. The molecule has 7 nitrogen and oxygen atoms in total. The molecule has 20 heteroatoms. The number of aromatic hydroxyl groups is 1. The van der Waals surface area contributed by atoms with Crippen molar-refractivity contribution in [1.29, 1.82) is 0 Å². The Morgan fingerprint density at radius 1 is 0.882 bits per heavy atom. The average Bonchev–Trinajstić information content (AvgIpc) is 2.67. The highest BCUT2D eigenvalue weighted by atomic mass is 19.4. The minimum Gasteiger partial charge on any atom is -0.507 e. The molecule has 34 heavy (non-hydrogen) atoms. The van der Waals surface area contributed by atoms with E-state index < -0.39 is 63.6 Å². The second-order valence-corrected chi connectivity index (χ2v) is 6.07. The van der Waals surface area contributed by atoms with Gasteiger partial charge in [-0.1, -0.05) is 0 Å². The Morgan fingerprint density at radius 3 is 1.79 bits per heavy atom. The summed E-state index contributed by atoms with van der Waals surface area (Å²) in [4.78, 5) is 20.7. The zero-order valence-corrected chi connectivity index (χ0v) is 15.3. The monoisotopic (exact) mass is 527 g/mol. The van der Waals surface area contributed by atoms with Crippen molar-refractivity contribution in [2.24, 2.45) is 5.10 Å². The molecule has 0 aliphatic rings. The number of amides is 1. The van der Waals surface area contributed by atoms with Crippen LogP contribution in [0.1, 0.15) is 5.56 Å². The van der Waals surface area contributed by atoms with Gasteiger partial charge in [0.05, 0.1) is 11.1 Å². The predicted octanol–water partition coefficient (Wildman–Crippen LogP) is 4.49. The molecule has 0 bridgehead atoms. The lowest BCUT2D eigenvalue weighted by Crippen LogP contribution is -2.71. The summed E-state index contributed by atoms with van der Waals surface area (Å²) < 4.78 is 168. The summed E-state index contributed by atoms with van der Waals surface area (Å²) in [5, 5.41) is 22.4. The highest BCUT2D eigenvalue weighted by Gasteiger charge is 2.91. The summed E-state index contributed by atoms with van der Waals surface area (Å²) in [6.07, 6.45) is -7.56. The number of hydrogen-bond donors (Lipinski definition) is 2. The maximum Gasteiger partial charge on any atom is 0.460 e. The van der Waals surface area contributed by atoms with E-state index in [2.05, 4.69) is 5.10 Å². The molecule has 0 radical (unpaired) electrons. The van der Waals surface area contributed by atoms with Gasteiger partial charge >= 0.3 is 41.7 Å². The van der Waals surface area contributed by atoms with Gasteiger partial charge in [-0.25, -0.2) is 5.43 Å². The van der Waals surface area contributed by atoms with Crippen molar-refractivity contribution >= 4 is 17.8 Å². The number of carbonyl (C=O) groups is 1. The summed E-state index contributed by atoms with van der Waals surface area (Å²) in [6, 6.07) is 1.78. The van der Waals surface area contributed by atoms with E-state index in [-0.39, 0.29) is 6.21 Å². The molecule has 1 aromatic rings. The molecular formula is C14H6F13N3O4. The summed E-state index contributed by atoms with van der Waals surface area (Å²) in [5.74, 6) is -43.8. The number of phenolic OH excluding ortho intramolecular Hbond substituents is 1. The molecule has 0 aromatic heterocycles. The van der Waals surface area contributed by atoms with Gasteiger partial charge in [-0.15, -0.1) is 0 Å². The molecule has 0 saturated heterocycles. The van der Waals surface area contributed by atoms with Crippen LogP contribution in [0.5, 0.6) is 5.75 Å². The van der Waals surface area contributed by atoms with Crippen molar-refractivity contribution < 1.29 is 71.9 Å². The topological polar surface area (TPSA) is 105 Å². The number of nitro benzene ring substituents is 1. The fourth-order valence-electron chi connectivity index (χ4n) is 1.90. The third kappa shape index (κ3) is 4.39. The molecule has 0 fully saturated rings. The minimum absolute atomic E-state index is 0.0407. The number of nitrogens with zero attached hydrogens (tertiary/aromatic N) is 2. The Kier molecular flexibility index (Phi) is 7.13. The van der Waals surface area contributed by atoms with Gasteiger partial charge < -0.3 is 5.11 Å². The SMILES string of the molecule is O=C(N/N=C/c1cc([N+](=O)[O-])ccc1O)C(F)(F)C(F)(F)C(F)(F)C(F)(F)C(F)(F)C(F)(F)F. The zero-order valence-electron chi connectivity index (χ0n) is 15.3. The van der Waals surface area contributed by atoms with Crippen molar-refractivity contribution in [3.8, 4) is 5.75 Å². The number of non-ortho nitro benzene ring substituents is 1. The van der Waals surface area contributed by atoms with Crippen LogP contribution in [0.15, 0.2) is 23.3 Å². The van der Waals surface area contributed by atoms with Gasteiger partial charge in [-0.3, -0.25) is 14.9 Å². The lowest BCUT2D eigenvalue weighted by Gasteiger charge is -2.38. The quantitative estimate of drug-likeness (QED) is 0.225. The van der Waals surface area contributed by atoms with Crippen LogP contribution in [0.4, 0.5) is 62.8 Å². The fraction of sp³-hybridized carbons (Fsp3) is 0.429. The normalized spacial score (nSPS) is 14.4. The van der Waals surface area contributed by atoms with Gasteiger partial charge in [0.15, 0.2) is 0 Å². The van der Waals surface area contributed by atoms with Crippen molar-refractivity contribution in [2.45, 2.75) is 35.8 Å². The molecule has 0 aliphatic heterocycles. The number of hydrogen-bond acceptors (Lipinski definition) is 5. The molecule has 1 amide bonds. The Balaban J connectivity index is 3.29. The smallest absolute Gasteiger partial charge is 0.460 e. The number of alkyl halides is 13. The highest BCUT2D eigenvalue weighted by molar-refractivity contribution is 5.88. The van der Waals surface area contributed by atoms with Crippen LogP contribution in [0.25, 0.3) is 0 Å². The van der Waals surface area contributed by atoms with E-state index in [1.165, 1.54) is 0 Å². The summed E-state index contributed by atoms with van der Waals surface area (Å²) in [6.45, 7) is 0. The molecule has 0 unspecified atom stereocenters. The van der Waals surface area contributed by atoms with Gasteiger partial charge in [0.2, 0.25) is 0 Å². The van der Waals surface area contributed by atoms with Gasteiger partial charge in [0.25, 0.3) is 5.69 Å². The highest BCUT2D eigenvalue weighted by Crippen LogP contribution is 2.60. The molecule has 0 aliphatic carbocycles. The number of phenols is 1. The van der Waals surface area contributed by atoms with Crippen LogP contribution in [-0.4, -0.2) is 57.9 Å². The van der Waals surface area contributed by atoms with Crippen molar-refractivity contribution in [1.82, 2.24) is 5.43 Å². The Bertz CT molecular complexity index is 992. The van der Waals surface area contributed by atoms with Crippen LogP contribution in [0.2, 0.25) is 0 Å². The molecule has 1 aromatic carbocycles. The average molecular weight is 527 g/mol. The van der Waals surface area contributed by atoms with Gasteiger partial charge in [0, 0.05) is 17.7 Å². The van der Waals surface area contributed by atoms with E-state index in [9.17, 15) is 77.1 Å². The minimum atomic E-state index is -8.18. The fourth-order valence-corrected chi connectivity index (χ4v) is 1.90.